The number of hydrogen-bond acceptors (Lipinski definition) is 3. The van der Waals surface area contributed by atoms with Crippen molar-refractivity contribution in [1.29, 1.82) is 0 Å². The lowest BCUT2D eigenvalue weighted by Crippen LogP contribution is -2.11. The largest absolute Gasteiger partial charge is 0.506 e. The molecule has 0 aliphatic heterocycles. The first kappa shape index (κ1) is 11.9. The summed E-state index contributed by atoms with van der Waals surface area (Å²) < 4.78 is 13.8. The molecule has 1 heterocycles. The molecular formula is C11H7ClFNO2S. The van der Waals surface area contributed by atoms with E-state index in [2.05, 4.69) is 5.32 Å². The predicted molar refractivity (Wildman–Crippen MR) is 65.3 cm³/mol. The molecule has 2 rings (SSSR count). The van der Waals surface area contributed by atoms with E-state index < -0.39 is 11.7 Å². The second-order valence-electron chi connectivity index (χ2n) is 3.19. The summed E-state index contributed by atoms with van der Waals surface area (Å²) in [6, 6.07) is 6.89. The maximum absolute atomic E-state index is 13.3. The molecule has 0 radical (unpaired) electrons. The number of para-hydroxylation sites is 1. The molecule has 0 atom stereocenters. The zero-order valence-electron chi connectivity index (χ0n) is 8.41. The molecule has 17 heavy (non-hydrogen) atoms. The number of phenols is 1. The number of rotatable bonds is 2. The number of benzene rings is 1. The Balaban J connectivity index is 2.24. The molecular weight excluding hydrogens is 265 g/mol. The molecule has 0 saturated heterocycles. The number of halogens is 2. The van der Waals surface area contributed by atoms with Crippen molar-refractivity contribution < 1.29 is 14.3 Å². The molecule has 1 aromatic heterocycles. The van der Waals surface area contributed by atoms with Gasteiger partial charge in [-0.15, -0.1) is 11.3 Å². The van der Waals surface area contributed by atoms with Crippen LogP contribution >= 0.6 is 22.9 Å². The van der Waals surface area contributed by atoms with Crippen LogP contribution in [-0.2, 0) is 0 Å². The van der Waals surface area contributed by atoms with Gasteiger partial charge in [0.1, 0.15) is 11.4 Å². The van der Waals surface area contributed by atoms with Crippen molar-refractivity contribution in [2.45, 2.75) is 0 Å². The van der Waals surface area contributed by atoms with Gasteiger partial charge in [-0.05, 0) is 24.3 Å². The Hall–Kier alpha value is -1.59. The number of aromatic hydroxyl groups is 1. The van der Waals surface area contributed by atoms with Crippen molar-refractivity contribution in [2.75, 3.05) is 5.32 Å². The van der Waals surface area contributed by atoms with Crippen LogP contribution in [-0.4, -0.2) is 11.0 Å². The summed E-state index contributed by atoms with van der Waals surface area (Å²) in [5.41, 5.74) is -0.234. The van der Waals surface area contributed by atoms with E-state index in [1.165, 1.54) is 18.2 Å². The minimum atomic E-state index is -0.694. The molecule has 0 aliphatic carbocycles. The third-order valence-electron chi connectivity index (χ3n) is 2.03. The van der Waals surface area contributed by atoms with Gasteiger partial charge < -0.3 is 10.4 Å². The average molecular weight is 272 g/mol. The Morgan fingerprint density at radius 3 is 2.71 bits per heavy atom. The maximum atomic E-state index is 13.3. The normalized spacial score (nSPS) is 10.2. The topological polar surface area (TPSA) is 49.3 Å². The predicted octanol–water partition coefficient (Wildman–Crippen LogP) is 3.50. The first-order chi connectivity index (χ1) is 8.08. The molecule has 3 nitrogen and oxygen atoms in total. The van der Waals surface area contributed by atoms with Crippen molar-refractivity contribution in [3.63, 3.8) is 0 Å². The third kappa shape index (κ3) is 2.57. The SMILES string of the molecule is O=C(Nc1c(O)cccc1F)c1ccc(Cl)s1. The van der Waals surface area contributed by atoms with Gasteiger partial charge in [-0.3, -0.25) is 4.79 Å². The number of nitrogens with one attached hydrogen (secondary N) is 1. The Morgan fingerprint density at radius 2 is 2.12 bits per heavy atom. The van der Waals surface area contributed by atoms with E-state index in [0.29, 0.717) is 9.21 Å². The molecule has 0 aliphatic rings. The van der Waals surface area contributed by atoms with Crippen LogP contribution in [0.25, 0.3) is 0 Å². The number of carbonyl (C=O) groups is 1. The van der Waals surface area contributed by atoms with Crippen molar-refractivity contribution in [1.82, 2.24) is 0 Å². The van der Waals surface area contributed by atoms with Gasteiger partial charge in [0, 0.05) is 0 Å². The highest BCUT2D eigenvalue weighted by atomic mass is 35.5. The van der Waals surface area contributed by atoms with Gasteiger partial charge in [-0.1, -0.05) is 17.7 Å². The van der Waals surface area contributed by atoms with Gasteiger partial charge in [0.25, 0.3) is 5.91 Å². The van der Waals surface area contributed by atoms with Crippen LogP contribution in [0.3, 0.4) is 0 Å². The summed E-state index contributed by atoms with van der Waals surface area (Å²) in [6.07, 6.45) is 0. The molecule has 1 aromatic carbocycles. The smallest absolute Gasteiger partial charge is 0.265 e. The Bertz CT molecular complexity index is 550. The molecule has 0 bridgehead atoms. The highest BCUT2D eigenvalue weighted by Crippen LogP contribution is 2.28. The highest BCUT2D eigenvalue weighted by Gasteiger charge is 2.14. The zero-order chi connectivity index (χ0) is 12.4. The fourth-order valence-electron chi connectivity index (χ4n) is 1.25. The first-order valence-electron chi connectivity index (χ1n) is 4.62. The number of thiophene rings is 1. The number of hydrogen-bond donors (Lipinski definition) is 2. The summed E-state index contributed by atoms with van der Waals surface area (Å²) >= 11 is 6.76. The summed E-state index contributed by atoms with van der Waals surface area (Å²) in [5, 5.41) is 11.7. The van der Waals surface area contributed by atoms with Crippen molar-refractivity contribution in [2.24, 2.45) is 0 Å². The second kappa shape index (κ2) is 4.73. The molecule has 88 valence electrons. The van der Waals surface area contributed by atoms with Crippen LogP contribution in [0.4, 0.5) is 10.1 Å². The van der Waals surface area contributed by atoms with Crippen molar-refractivity contribution in [3.05, 3.63) is 45.4 Å². The number of phenolic OH excluding ortho intramolecular Hbond substituents is 1. The quantitative estimate of drug-likeness (QED) is 0.822. The maximum Gasteiger partial charge on any atom is 0.265 e. The minimum absolute atomic E-state index is 0.234. The van der Waals surface area contributed by atoms with E-state index in [0.717, 1.165) is 17.4 Å². The van der Waals surface area contributed by atoms with Crippen LogP contribution in [0, 0.1) is 5.82 Å². The van der Waals surface area contributed by atoms with Crippen molar-refractivity contribution >= 4 is 34.5 Å². The molecule has 0 spiro atoms. The molecule has 0 saturated carbocycles. The first-order valence-corrected chi connectivity index (χ1v) is 5.81. The summed E-state index contributed by atoms with van der Waals surface area (Å²) in [4.78, 5) is 12.0. The fourth-order valence-corrected chi connectivity index (χ4v) is 2.19. The van der Waals surface area contributed by atoms with Gasteiger partial charge in [0.15, 0.2) is 5.82 Å². The van der Waals surface area contributed by atoms with Crippen LogP contribution in [0.1, 0.15) is 9.67 Å². The lowest BCUT2D eigenvalue weighted by molar-refractivity contribution is 0.102. The Morgan fingerprint density at radius 1 is 1.35 bits per heavy atom. The summed E-state index contributed by atoms with van der Waals surface area (Å²) in [6.45, 7) is 0. The van der Waals surface area contributed by atoms with Gasteiger partial charge in [-0.2, -0.15) is 0 Å². The van der Waals surface area contributed by atoms with E-state index >= 15 is 0 Å². The van der Waals surface area contributed by atoms with Crippen LogP contribution in [0.15, 0.2) is 30.3 Å². The van der Waals surface area contributed by atoms with Crippen LogP contribution in [0.2, 0.25) is 4.34 Å². The van der Waals surface area contributed by atoms with E-state index in [-0.39, 0.29) is 11.4 Å². The number of carbonyl (C=O) groups excluding carboxylic acids is 1. The third-order valence-corrected chi connectivity index (χ3v) is 3.26. The average Bonchev–Trinajstić information content (AvgIpc) is 2.70. The van der Waals surface area contributed by atoms with Gasteiger partial charge in [0.2, 0.25) is 0 Å². The lowest BCUT2D eigenvalue weighted by Gasteiger charge is -2.06. The molecule has 2 aromatic rings. The number of anilines is 1. The van der Waals surface area contributed by atoms with Gasteiger partial charge in [-0.25, -0.2) is 4.39 Å². The minimum Gasteiger partial charge on any atom is -0.506 e. The monoisotopic (exact) mass is 271 g/mol. The lowest BCUT2D eigenvalue weighted by atomic mass is 10.2. The molecule has 0 unspecified atom stereocenters. The molecule has 1 amide bonds. The van der Waals surface area contributed by atoms with E-state index in [1.807, 2.05) is 0 Å². The van der Waals surface area contributed by atoms with Gasteiger partial charge in [0.05, 0.1) is 9.21 Å². The van der Waals surface area contributed by atoms with Gasteiger partial charge >= 0.3 is 0 Å². The fraction of sp³-hybridized carbons (Fsp3) is 0. The Kier molecular flexibility index (Phi) is 3.31. The number of amides is 1. The molecule has 0 fully saturated rings. The molecule has 6 heteroatoms. The van der Waals surface area contributed by atoms with E-state index in [9.17, 15) is 14.3 Å². The van der Waals surface area contributed by atoms with E-state index in [1.54, 1.807) is 6.07 Å². The van der Waals surface area contributed by atoms with E-state index in [4.69, 9.17) is 11.6 Å². The summed E-state index contributed by atoms with van der Waals surface area (Å²) in [5.74, 6) is -1.52. The standard InChI is InChI=1S/C11H7ClFNO2S/c12-9-5-4-8(17-9)11(16)14-10-6(13)2-1-3-7(10)15/h1-5,15H,(H,14,16). The van der Waals surface area contributed by atoms with Crippen molar-refractivity contribution in [3.8, 4) is 5.75 Å². The van der Waals surface area contributed by atoms with Crippen LogP contribution < -0.4 is 5.32 Å². The van der Waals surface area contributed by atoms with Crippen LogP contribution in [0.5, 0.6) is 5.75 Å². The second-order valence-corrected chi connectivity index (χ2v) is 4.91. The Labute approximate surface area is 105 Å². The highest BCUT2D eigenvalue weighted by molar-refractivity contribution is 7.18. The summed E-state index contributed by atoms with van der Waals surface area (Å²) in [7, 11) is 0. The zero-order valence-corrected chi connectivity index (χ0v) is 9.98. The molecule has 2 N–H and O–H groups in total.